The summed E-state index contributed by atoms with van der Waals surface area (Å²) < 4.78 is 4.94. The minimum Gasteiger partial charge on any atom is -0.481 e. The zero-order chi connectivity index (χ0) is 13.2. The monoisotopic (exact) mass is 241 g/mol. The molecule has 17 heavy (non-hydrogen) atoms. The van der Waals surface area contributed by atoms with Crippen molar-refractivity contribution in [2.24, 2.45) is 0 Å². The number of hydrogen-bond donors (Lipinski definition) is 1. The average molecular weight is 241 g/mol. The smallest absolute Gasteiger partial charge is 0.306 e. The second-order valence-corrected chi connectivity index (χ2v) is 3.93. The molecule has 1 aliphatic rings. The molecule has 94 valence electrons. The van der Waals surface area contributed by atoms with Gasteiger partial charge in [0.25, 0.3) is 11.8 Å². The zero-order valence-corrected chi connectivity index (χ0v) is 10.0. The second-order valence-electron chi connectivity index (χ2n) is 3.93. The lowest BCUT2D eigenvalue weighted by Crippen LogP contribution is -2.39. The first-order valence-electron chi connectivity index (χ1n) is 5.16. The Labute approximate surface area is 98.8 Å². The number of carbonyl (C=O) groups is 3. The lowest BCUT2D eigenvalue weighted by Gasteiger charge is -2.20. The predicted octanol–water partition coefficient (Wildman–Crippen LogP) is 0.181. The summed E-state index contributed by atoms with van der Waals surface area (Å²) in [7, 11) is 1.35. The maximum absolute atomic E-state index is 11.7. The maximum atomic E-state index is 11.7. The molecule has 1 heterocycles. The van der Waals surface area contributed by atoms with Crippen LogP contribution in [0.2, 0.25) is 0 Å². The van der Waals surface area contributed by atoms with Crippen LogP contribution in [0, 0.1) is 0 Å². The minimum absolute atomic E-state index is 0.0326. The summed E-state index contributed by atoms with van der Waals surface area (Å²) in [4.78, 5) is 35.0. The number of nitrogens with zero attached hydrogens (tertiary/aromatic N) is 1. The van der Waals surface area contributed by atoms with E-state index in [4.69, 9.17) is 9.84 Å². The van der Waals surface area contributed by atoms with Crippen molar-refractivity contribution in [3.05, 3.63) is 11.1 Å². The third-order valence-corrected chi connectivity index (χ3v) is 2.82. The standard InChI is InChI=1S/C11H15NO5/c1-6-7(2)11(16)12(10(6)15)5-8(17-3)4-9(13)14/h8H,4-5H2,1-3H3,(H,13,14). The molecule has 0 saturated heterocycles. The Balaban J connectivity index is 2.74. The highest BCUT2D eigenvalue weighted by atomic mass is 16.5. The third-order valence-electron chi connectivity index (χ3n) is 2.82. The van der Waals surface area contributed by atoms with Crippen molar-refractivity contribution in [1.29, 1.82) is 0 Å². The summed E-state index contributed by atoms with van der Waals surface area (Å²) in [5.74, 6) is -1.78. The zero-order valence-electron chi connectivity index (χ0n) is 10.0. The number of amides is 2. The average Bonchev–Trinajstić information content (AvgIpc) is 2.45. The highest BCUT2D eigenvalue weighted by Crippen LogP contribution is 2.20. The molecule has 0 aromatic rings. The quantitative estimate of drug-likeness (QED) is 0.694. The van der Waals surface area contributed by atoms with E-state index in [-0.39, 0.29) is 24.8 Å². The van der Waals surface area contributed by atoms with Gasteiger partial charge in [-0.3, -0.25) is 19.3 Å². The summed E-state index contributed by atoms with van der Waals surface area (Å²) >= 11 is 0. The van der Waals surface area contributed by atoms with Crippen molar-refractivity contribution >= 4 is 17.8 Å². The summed E-state index contributed by atoms with van der Waals surface area (Å²) in [6.45, 7) is 3.12. The molecule has 0 saturated carbocycles. The number of carbonyl (C=O) groups excluding carboxylic acids is 2. The number of ether oxygens (including phenoxy) is 1. The van der Waals surface area contributed by atoms with E-state index in [0.29, 0.717) is 11.1 Å². The second kappa shape index (κ2) is 5.09. The van der Waals surface area contributed by atoms with Gasteiger partial charge in [-0.2, -0.15) is 0 Å². The van der Waals surface area contributed by atoms with Gasteiger partial charge in [-0.05, 0) is 13.8 Å². The molecule has 0 bridgehead atoms. The van der Waals surface area contributed by atoms with E-state index in [2.05, 4.69) is 0 Å². The van der Waals surface area contributed by atoms with Crippen LogP contribution >= 0.6 is 0 Å². The van der Waals surface area contributed by atoms with E-state index in [0.717, 1.165) is 4.90 Å². The molecule has 0 aromatic carbocycles. The summed E-state index contributed by atoms with van der Waals surface area (Å²) in [5, 5.41) is 8.65. The van der Waals surface area contributed by atoms with E-state index in [1.165, 1.54) is 7.11 Å². The fraction of sp³-hybridized carbons (Fsp3) is 0.545. The van der Waals surface area contributed by atoms with Crippen molar-refractivity contribution in [3.8, 4) is 0 Å². The number of rotatable bonds is 5. The van der Waals surface area contributed by atoms with Gasteiger partial charge in [0.1, 0.15) is 0 Å². The molecule has 0 spiro atoms. The summed E-state index contributed by atoms with van der Waals surface area (Å²) in [5.41, 5.74) is 0.806. The molecular weight excluding hydrogens is 226 g/mol. The van der Waals surface area contributed by atoms with Gasteiger partial charge in [-0.25, -0.2) is 0 Å². The van der Waals surface area contributed by atoms with Gasteiger partial charge in [0.2, 0.25) is 0 Å². The minimum atomic E-state index is -1.03. The van der Waals surface area contributed by atoms with E-state index >= 15 is 0 Å². The molecule has 1 unspecified atom stereocenters. The summed E-state index contributed by atoms with van der Waals surface area (Å²) in [6.07, 6.45) is -0.926. The van der Waals surface area contributed by atoms with Gasteiger partial charge in [-0.1, -0.05) is 0 Å². The predicted molar refractivity (Wildman–Crippen MR) is 58.1 cm³/mol. The van der Waals surface area contributed by atoms with Crippen LogP contribution in [0.5, 0.6) is 0 Å². The van der Waals surface area contributed by atoms with Crippen LogP contribution in [-0.2, 0) is 19.1 Å². The highest BCUT2D eigenvalue weighted by molar-refractivity contribution is 6.18. The molecule has 0 fully saturated rings. The Morgan fingerprint density at radius 3 is 2.12 bits per heavy atom. The van der Waals surface area contributed by atoms with Crippen LogP contribution in [0.25, 0.3) is 0 Å². The Bertz CT molecular complexity index is 375. The molecule has 1 rings (SSSR count). The molecule has 6 nitrogen and oxygen atoms in total. The highest BCUT2D eigenvalue weighted by Gasteiger charge is 2.35. The van der Waals surface area contributed by atoms with Gasteiger partial charge < -0.3 is 9.84 Å². The van der Waals surface area contributed by atoms with E-state index < -0.39 is 12.1 Å². The van der Waals surface area contributed by atoms with Gasteiger partial charge in [0, 0.05) is 18.3 Å². The summed E-state index contributed by atoms with van der Waals surface area (Å²) in [6, 6.07) is 0. The van der Waals surface area contributed by atoms with Crippen LogP contribution in [0.3, 0.4) is 0 Å². The SMILES string of the molecule is COC(CC(=O)O)CN1C(=O)C(C)=C(C)C1=O. The Kier molecular flexibility index (Phi) is 4.01. The van der Waals surface area contributed by atoms with Crippen molar-refractivity contribution < 1.29 is 24.2 Å². The van der Waals surface area contributed by atoms with Gasteiger partial charge in [-0.15, -0.1) is 0 Å². The molecule has 0 aromatic heterocycles. The number of imide groups is 1. The Hall–Kier alpha value is -1.69. The van der Waals surface area contributed by atoms with Crippen molar-refractivity contribution in [3.63, 3.8) is 0 Å². The first-order chi connectivity index (χ1) is 7.88. The molecular formula is C11H15NO5. The van der Waals surface area contributed by atoms with E-state index in [1.807, 2.05) is 0 Å². The van der Waals surface area contributed by atoms with Crippen molar-refractivity contribution in [1.82, 2.24) is 4.90 Å². The Morgan fingerprint density at radius 1 is 1.29 bits per heavy atom. The molecule has 0 radical (unpaired) electrons. The number of aliphatic carboxylic acids is 1. The largest absolute Gasteiger partial charge is 0.481 e. The topological polar surface area (TPSA) is 83.9 Å². The van der Waals surface area contributed by atoms with Gasteiger partial charge in [0.15, 0.2) is 0 Å². The first kappa shape index (κ1) is 13.4. The lowest BCUT2D eigenvalue weighted by molar-refractivity contribution is -0.145. The van der Waals surface area contributed by atoms with Crippen LogP contribution in [0.4, 0.5) is 0 Å². The van der Waals surface area contributed by atoms with Gasteiger partial charge in [0.05, 0.1) is 19.1 Å². The molecule has 1 atom stereocenters. The van der Waals surface area contributed by atoms with Crippen molar-refractivity contribution in [2.45, 2.75) is 26.4 Å². The van der Waals surface area contributed by atoms with Gasteiger partial charge >= 0.3 is 5.97 Å². The number of hydrogen-bond acceptors (Lipinski definition) is 4. The molecule has 0 aliphatic carbocycles. The molecule has 1 N–H and O–H groups in total. The number of carboxylic acid groups (broad SMARTS) is 1. The van der Waals surface area contributed by atoms with Crippen LogP contribution in [0.15, 0.2) is 11.1 Å². The molecule has 1 aliphatic heterocycles. The van der Waals surface area contributed by atoms with E-state index in [1.54, 1.807) is 13.8 Å². The number of carboxylic acids is 1. The fourth-order valence-electron chi connectivity index (χ4n) is 1.60. The van der Waals surface area contributed by atoms with Crippen molar-refractivity contribution in [2.75, 3.05) is 13.7 Å². The third kappa shape index (κ3) is 2.71. The molecule has 6 heteroatoms. The fourth-order valence-corrected chi connectivity index (χ4v) is 1.60. The van der Waals surface area contributed by atoms with Crippen LogP contribution in [0.1, 0.15) is 20.3 Å². The van der Waals surface area contributed by atoms with Crippen LogP contribution in [-0.4, -0.2) is 47.5 Å². The number of methoxy groups -OCH3 is 1. The van der Waals surface area contributed by atoms with Crippen LogP contribution < -0.4 is 0 Å². The Morgan fingerprint density at radius 2 is 1.76 bits per heavy atom. The molecule has 2 amide bonds. The normalized spacial score (nSPS) is 17.9. The maximum Gasteiger partial charge on any atom is 0.306 e. The van der Waals surface area contributed by atoms with E-state index in [9.17, 15) is 14.4 Å². The lowest BCUT2D eigenvalue weighted by atomic mass is 10.2. The first-order valence-corrected chi connectivity index (χ1v) is 5.16.